The minimum Gasteiger partial charge on any atom is -0.480 e. The SMILES string of the molecule is CCCC(Nc1nccc2cc3c(cc12)OCO3)C(=O)O. The molecule has 0 saturated heterocycles. The van der Waals surface area contributed by atoms with Gasteiger partial charge in [0.25, 0.3) is 0 Å². The Balaban J connectivity index is 2.00. The van der Waals surface area contributed by atoms with E-state index in [-0.39, 0.29) is 6.79 Å². The van der Waals surface area contributed by atoms with E-state index >= 15 is 0 Å². The molecular formula is C15H16N2O4. The highest BCUT2D eigenvalue weighted by Crippen LogP contribution is 2.37. The number of aliphatic carboxylic acids is 1. The number of rotatable bonds is 5. The fourth-order valence-corrected chi connectivity index (χ4v) is 2.39. The summed E-state index contributed by atoms with van der Waals surface area (Å²) in [7, 11) is 0. The Labute approximate surface area is 121 Å². The molecule has 2 heterocycles. The Morgan fingerprint density at radius 3 is 2.90 bits per heavy atom. The monoisotopic (exact) mass is 288 g/mol. The average molecular weight is 288 g/mol. The van der Waals surface area contributed by atoms with E-state index in [2.05, 4.69) is 10.3 Å². The van der Waals surface area contributed by atoms with Gasteiger partial charge in [-0.25, -0.2) is 9.78 Å². The number of anilines is 1. The van der Waals surface area contributed by atoms with Gasteiger partial charge in [0.2, 0.25) is 6.79 Å². The third kappa shape index (κ3) is 2.56. The van der Waals surface area contributed by atoms with E-state index in [0.29, 0.717) is 23.7 Å². The van der Waals surface area contributed by atoms with Crippen molar-refractivity contribution in [2.75, 3.05) is 12.1 Å². The van der Waals surface area contributed by atoms with Crippen LogP contribution < -0.4 is 14.8 Å². The predicted octanol–water partition coefficient (Wildman–Crippen LogP) is 2.63. The summed E-state index contributed by atoms with van der Waals surface area (Å²) in [6.07, 6.45) is 2.97. The number of hydrogen-bond donors (Lipinski definition) is 2. The summed E-state index contributed by atoms with van der Waals surface area (Å²) in [5.74, 6) is 1.02. The Bertz CT molecular complexity index is 687. The van der Waals surface area contributed by atoms with E-state index in [1.54, 1.807) is 6.20 Å². The zero-order valence-corrected chi connectivity index (χ0v) is 11.6. The Hall–Kier alpha value is -2.50. The van der Waals surface area contributed by atoms with Crippen LogP contribution in [-0.4, -0.2) is 28.9 Å². The van der Waals surface area contributed by atoms with Crippen LogP contribution >= 0.6 is 0 Å². The van der Waals surface area contributed by atoms with Crippen molar-refractivity contribution in [1.29, 1.82) is 0 Å². The molecule has 0 radical (unpaired) electrons. The van der Waals surface area contributed by atoms with Crippen LogP contribution in [0, 0.1) is 0 Å². The maximum Gasteiger partial charge on any atom is 0.326 e. The number of benzene rings is 1. The summed E-state index contributed by atoms with van der Waals surface area (Å²) in [6.45, 7) is 2.15. The van der Waals surface area contributed by atoms with Gasteiger partial charge in [0, 0.05) is 11.6 Å². The van der Waals surface area contributed by atoms with Crippen LogP contribution in [0.4, 0.5) is 5.82 Å². The summed E-state index contributed by atoms with van der Waals surface area (Å²) in [4.78, 5) is 15.5. The van der Waals surface area contributed by atoms with Gasteiger partial charge in [-0.1, -0.05) is 13.3 Å². The molecule has 1 aliphatic rings. The lowest BCUT2D eigenvalue weighted by molar-refractivity contribution is -0.138. The fourth-order valence-electron chi connectivity index (χ4n) is 2.39. The molecule has 0 aliphatic carbocycles. The molecule has 0 bridgehead atoms. The Morgan fingerprint density at radius 2 is 2.19 bits per heavy atom. The van der Waals surface area contributed by atoms with Gasteiger partial charge in [0.15, 0.2) is 11.5 Å². The van der Waals surface area contributed by atoms with E-state index in [1.165, 1.54) is 0 Å². The lowest BCUT2D eigenvalue weighted by Gasteiger charge is -2.15. The van der Waals surface area contributed by atoms with Crippen molar-refractivity contribution in [3.8, 4) is 11.5 Å². The van der Waals surface area contributed by atoms with Crippen molar-refractivity contribution in [2.45, 2.75) is 25.8 Å². The lowest BCUT2D eigenvalue weighted by Crippen LogP contribution is -2.29. The number of fused-ring (bicyclic) bond motifs is 2. The van der Waals surface area contributed by atoms with Gasteiger partial charge < -0.3 is 19.9 Å². The van der Waals surface area contributed by atoms with Gasteiger partial charge in [-0.2, -0.15) is 0 Å². The van der Waals surface area contributed by atoms with Crippen LogP contribution in [-0.2, 0) is 4.79 Å². The lowest BCUT2D eigenvalue weighted by atomic mass is 10.1. The number of carboxylic acid groups (broad SMARTS) is 1. The maximum atomic E-state index is 11.3. The van der Waals surface area contributed by atoms with Crippen molar-refractivity contribution in [1.82, 2.24) is 4.98 Å². The van der Waals surface area contributed by atoms with Crippen molar-refractivity contribution < 1.29 is 19.4 Å². The average Bonchev–Trinajstić information content (AvgIpc) is 2.92. The third-order valence-corrected chi connectivity index (χ3v) is 3.44. The van der Waals surface area contributed by atoms with Gasteiger partial charge in [-0.05, 0) is 30.0 Å². The minimum atomic E-state index is -0.878. The quantitative estimate of drug-likeness (QED) is 0.880. The van der Waals surface area contributed by atoms with Crippen molar-refractivity contribution in [3.63, 3.8) is 0 Å². The number of nitrogens with one attached hydrogen (secondary N) is 1. The van der Waals surface area contributed by atoms with Crippen molar-refractivity contribution in [3.05, 3.63) is 24.4 Å². The summed E-state index contributed by atoms with van der Waals surface area (Å²) in [6, 6.07) is 4.91. The van der Waals surface area contributed by atoms with E-state index in [4.69, 9.17) is 9.47 Å². The number of hydrogen-bond acceptors (Lipinski definition) is 5. The highest BCUT2D eigenvalue weighted by Gasteiger charge is 2.20. The molecule has 0 amide bonds. The Kier molecular flexibility index (Phi) is 3.51. The number of nitrogens with zero attached hydrogens (tertiary/aromatic N) is 1. The first-order valence-electron chi connectivity index (χ1n) is 6.86. The highest BCUT2D eigenvalue weighted by atomic mass is 16.7. The van der Waals surface area contributed by atoms with E-state index in [0.717, 1.165) is 17.2 Å². The molecule has 3 rings (SSSR count). The highest BCUT2D eigenvalue weighted by molar-refractivity contribution is 5.95. The van der Waals surface area contributed by atoms with Crippen molar-refractivity contribution in [2.24, 2.45) is 0 Å². The number of pyridine rings is 1. The first-order chi connectivity index (χ1) is 10.2. The molecule has 1 aliphatic heterocycles. The zero-order chi connectivity index (χ0) is 14.8. The van der Waals surface area contributed by atoms with Gasteiger partial charge in [-0.3, -0.25) is 0 Å². The predicted molar refractivity (Wildman–Crippen MR) is 77.8 cm³/mol. The molecule has 0 spiro atoms. The second kappa shape index (κ2) is 5.47. The van der Waals surface area contributed by atoms with E-state index in [1.807, 2.05) is 25.1 Å². The Morgan fingerprint density at radius 1 is 1.43 bits per heavy atom. The first-order valence-corrected chi connectivity index (χ1v) is 6.86. The standard InChI is InChI=1S/C15H16N2O4/c1-2-3-11(15(18)19)17-14-10-7-13-12(20-8-21-13)6-9(10)4-5-16-14/h4-7,11H,2-3,8H2,1H3,(H,16,17)(H,18,19). The van der Waals surface area contributed by atoms with E-state index in [9.17, 15) is 9.90 Å². The second-order valence-corrected chi connectivity index (χ2v) is 4.91. The topological polar surface area (TPSA) is 80.7 Å². The maximum absolute atomic E-state index is 11.3. The smallest absolute Gasteiger partial charge is 0.326 e. The van der Waals surface area contributed by atoms with Crippen LogP contribution in [0.5, 0.6) is 11.5 Å². The summed E-state index contributed by atoms with van der Waals surface area (Å²) < 4.78 is 10.7. The molecular weight excluding hydrogens is 272 g/mol. The van der Waals surface area contributed by atoms with Crippen LogP contribution in [0.2, 0.25) is 0 Å². The molecule has 0 fully saturated rings. The third-order valence-electron chi connectivity index (χ3n) is 3.44. The van der Waals surface area contributed by atoms with Gasteiger partial charge in [-0.15, -0.1) is 0 Å². The minimum absolute atomic E-state index is 0.204. The second-order valence-electron chi connectivity index (χ2n) is 4.91. The first kappa shape index (κ1) is 13.5. The number of ether oxygens (including phenoxy) is 2. The molecule has 1 aromatic carbocycles. The van der Waals surface area contributed by atoms with Gasteiger partial charge >= 0.3 is 5.97 Å². The molecule has 6 heteroatoms. The fraction of sp³-hybridized carbons (Fsp3) is 0.333. The van der Waals surface area contributed by atoms with Crippen LogP contribution in [0.1, 0.15) is 19.8 Å². The molecule has 1 unspecified atom stereocenters. The molecule has 0 saturated carbocycles. The molecule has 2 N–H and O–H groups in total. The molecule has 6 nitrogen and oxygen atoms in total. The molecule has 1 aromatic heterocycles. The molecule has 2 aromatic rings. The van der Waals surface area contributed by atoms with Crippen LogP contribution in [0.3, 0.4) is 0 Å². The molecule has 21 heavy (non-hydrogen) atoms. The summed E-state index contributed by atoms with van der Waals surface area (Å²) in [5.41, 5.74) is 0. The summed E-state index contributed by atoms with van der Waals surface area (Å²) >= 11 is 0. The van der Waals surface area contributed by atoms with Gasteiger partial charge in [0.05, 0.1) is 0 Å². The number of aromatic nitrogens is 1. The zero-order valence-electron chi connectivity index (χ0n) is 11.6. The largest absolute Gasteiger partial charge is 0.480 e. The molecule has 110 valence electrons. The summed E-state index contributed by atoms with van der Waals surface area (Å²) in [5, 5.41) is 14.0. The van der Waals surface area contributed by atoms with Crippen molar-refractivity contribution >= 4 is 22.6 Å². The number of carbonyl (C=O) groups is 1. The van der Waals surface area contributed by atoms with Crippen LogP contribution in [0.25, 0.3) is 10.8 Å². The number of carboxylic acids is 1. The van der Waals surface area contributed by atoms with Gasteiger partial charge in [0.1, 0.15) is 11.9 Å². The normalized spacial score (nSPS) is 14.1. The van der Waals surface area contributed by atoms with Crippen LogP contribution in [0.15, 0.2) is 24.4 Å². The van der Waals surface area contributed by atoms with E-state index < -0.39 is 12.0 Å². The molecule has 1 atom stereocenters.